The molecule has 0 radical (unpaired) electrons. The van der Waals surface area contributed by atoms with Gasteiger partial charge in [-0.1, -0.05) is 11.6 Å². The molecule has 82 valence electrons. The molecular weight excluding hydrogens is 240 g/mol. The van der Waals surface area contributed by atoms with E-state index < -0.39 is 23.4 Å². The van der Waals surface area contributed by atoms with Crippen LogP contribution in [0.3, 0.4) is 0 Å². The molecule has 0 saturated heterocycles. The predicted molar refractivity (Wildman–Crippen MR) is 37.0 cm³/mol. The maximum atomic E-state index is 11.5. The molecule has 0 aromatic rings. The van der Waals surface area contributed by atoms with Gasteiger partial charge in [-0.05, 0) is 0 Å². The molecule has 0 aliphatic carbocycles. The second kappa shape index (κ2) is 4.03. The van der Waals surface area contributed by atoms with E-state index >= 15 is 0 Å². The predicted octanol–water partition coefficient (Wildman–Crippen LogP) is 2.02. The number of hydrogen-bond acceptors (Lipinski definition) is 2. The van der Waals surface area contributed by atoms with Gasteiger partial charge in [0.2, 0.25) is 11.0 Å². The molecule has 2 N–H and O–H groups in total. The molecular formula is C4H2ClF6N3. The number of amidine groups is 1. The van der Waals surface area contributed by atoms with Crippen molar-refractivity contribution in [1.29, 1.82) is 0 Å². The Morgan fingerprint density at radius 1 is 0.929 bits per heavy atom. The minimum atomic E-state index is -5.04. The van der Waals surface area contributed by atoms with Crippen LogP contribution in [-0.2, 0) is 0 Å². The van der Waals surface area contributed by atoms with Crippen LogP contribution < -0.4 is 5.73 Å². The fraction of sp³-hybridized carbons (Fsp3) is 0.500. The Labute approximate surface area is 78.2 Å². The van der Waals surface area contributed by atoms with Crippen LogP contribution >= 0.6 is 11.6 Å². The highest BCUT2D eigenvalue weighted by molar-refractivity contribution is 6.66. The van der Waals surface area contributed by atoms with Crippen LogP contribution in [0.1, 0.15) is 0 Å². The maximum Gasteiger partial charge on any atom is 0.450 e. The van der Waals surface area contributed by atoms with Gasteiger partial charge in [0.15, 0.2) is 0 Å². The highest BCUT2D eigenvalue weighted by atomic mass is 35.5. The molecule has 0 aliphatic rings. The van der Waals surface area contributed by atoms with Gasteiger partial charge in [0.25, 0.3) is 0 Å². The number of rotatable bonds is 1. The van der Waals surface area contributed by atoms with E-state index in [1.54, 1.807) is 0 Å². The lowest BCUT2D eigenvalue weighted by Gasteiger charge is -2.03. The smallest absolute Gasteiger partial charge is 0.378 e. The van der Waals surface area contributed by atoms with Gasteiger partial charge in [-0.25, -0.2) is 0 Å². The van der Waals surface area contributed by atoms with Crippen LogP contribution in [0.5, 0.6) is 0 Å². The summed E-state index contributed by atoms with van der Waals surface area (Å²) in [6.45, 7) is 0. The summed E-state index contributed by atoms with van der Waals surface area (Å²) in [6.07, 6.45) is -10.1. The van der Waals surface area contributed by atoms with Gasteiger partial charge in [-0.15, -0.1) is 10.2 Å². The van der Waals surface area contributed by atoms with Crippen LogP contribution in [0.2, 0.25) is 0 Å². The highest BCUT2D eigenvalue weighted by Gasteiger charge is 2.36. The van der Waals surface area contributed by atoms with Gasteiger partial charge in [0.1, 0.15) is 0 Å². The second-order valence-electron chi connectivity index (χ2n) is 1.87. The third-order valence-electron chi connectivity index (χ3n) is 0.770. The molecule has 0 aromatic heterocycles. The molecule has 14 heavy (non-hydrogen) atoms. The van der Waals surface area contributed by atoms with Crippen molar-refractivity contribution in [3.8, 4) is 0 Å². The van der Waals surface area contributed by atoms with Gasteiger partial charge in [-0.2, -0.15) is 26.3 Å². The Morgan fingerprint density at radius 3 is 1.64 bits per heavy atom. The van der Waals surface area contributed by atoms with Crippen molar-refractivity contribution in [3.05, 3.63) is 0 Å². The summed E-state index contributed by atoms with van der Waals surface area (Å²) in [5.74, 6) is -2.01. The van der Waals surface area contributed by atoms with E-state index in [2.05, 4.69) is 27.5 Å². The first-order valence-corrected chi connectivity index (χ1v) is 3.14. The third-order valence-corrected chi connectivity index (χ3v) is 1.06. The van der Waals surface area contributed by atoms with Crippen molar-refractivity contribution in [2.75, 3.05) is 0 Å². The maximum absolute atomic E-state index is 11.5. The summed E-state index contributed by atoms with van der Waals surface area (Å²) >= 11 is 4.45. The Morgan fingerprint density at radius 2 is 1.36 bits per heavy atom. The number of halogens is 7. The van der Waals surface area contributed by atoms with E-state index in [9.17, 15) is 26.3 Å². The summed E-state index contributed by atoms with van der Waals surface area (Å²) in [6, 6.07) is 0. The highest BCUT2D eigenvalue weighted by Crippen LogP contribution is 2.20. The Hall–Kier alpha value is -0.990. The Bertz CT molecular complexity index is 235. The fourth-order valence-electron chi connectivity index (χ4n) is 0.211. The third kappa shape index (κ3) is 4.30. The molecule has 10 heteroatoms. The van der Waals surface area contributed by atoms with E-state index in [0.717, 1.165) is 0 Å². The van der Waals surface area contributed by atoms with Crippen molar-refractivity contribution in [3.63, 3.8) is 0 Å². The minimum Gasteiger partial charge on any atom is -0.378 e. The zero-order valence-corrected chi connectivity index (χ0v) is 6.87. The molecule has 0 heterocycles. The van der Waals surface area contributed by atoms with Gasteiger partial charge in [0.05, 0.1) is 0 Å². The first-order valence-electron chi connectivity index (χ1n) is 2.76. The normalized spacial score (nSPS) is 15.9. The molecule has 0 rings (SSSR count). The monoisotopic (exact) mass is 241 g/mol. The number of nitrogens with two attached hydrogens (primary N) is 1. The zero-order valence-electron chi connectivity index (χ0n) is 6.12. The lowest BCUT2D eigenvalue weighted by Crippen LogP contribution is -2.31. The first-order chi connectivity index (χ1) is 6.05. The molecule has 0 bridgehead atoms. The lowest BCUT2D eigenvalue weighted by molar-refractivity contribution is -0.0610. The number of alkyl halides is 6. The lowest BCUT2D eigenvalue weighted by atomic mass is 10.6. The first kappa shape index (κ1) is 13.0. The topological polar surface area (TPSA) is 50.7 Å². The molecule has 0 aliphatic heterocycles. The summed E-state index contributed by atoms with van der Waals surface area (Å²) < 4.78 is 69.3. The molecule has 0 spiro atoms. The summed E-state index contributed by atoms with van der Waals surface area (Å²) in [5.41, 5.74) is 4.23. The molecule has 0 fully saturated rings. The van der Waals surface area contributed by atoms with Crippen molar-refractivity contribution in [1.82, 2.24) is 0 Å². The quantitative estimate of drug-likeness (QED) is 0.325. The van der Waals surface area contributed by atoms with Gasteiger partial charge >= 0.3 is 12.4 Å². The molecule has 0 atom stereocenters. The van der Waals surface area contributed by atoms with E-state index in [-0.39, 0.29) is 0 Å². The standard InChI is InChI=1S/C4H2ClF6N3/c5-1(3(6,7)8)13-14-2(12)4(9,10)11/h(H2,12,14). The van der Waals surface area contributed by atoms with E-state index in [0.29, 0.717) is 0 Å². The molecule has 3 nitrogen and oxygen atoms in total. The van der Waals surface area contributed by atoms with Crippen LogP contribution in [0.15, 0.2) is 10.2 Å². The fourth-order valence-corrected chi connectivity index (χ4v) is 0.249. The summed E-state index contributed by atoms with van der Waals surface area (Å²) in [7, 11) is 0. The van der Waals surface area contributed by atoms with E-state index in [4.69, 9.17) is 0 Å². The molecule has 0 unspecified atom stereocenters. The van der Waals surface area contributed by atoms with Gasteiger partial charge < -0.3 is 5.73 Å². The van der Waals surface area contributed by atoms with E-state index in [1.807, 2.05) is 0 Å². The zero-order chi connectivity index (χ0) is 11.6. The Balaban J connectivity index is 4.73. The van der Waals surface area contributed by atoms with E-state index in [1.165, 1.54) is 0 Å². The van der Waals surface area contributed by atoms with Crippen LogP contribution in [0.25, 0.3) is 0 Å². The van der Waals surface area contributed by atoms with Crippen LogP contribution in [-0.4, -0.2) is 23.4 Å². The minimum absolute atomic E-state index is 2.01. The van der Waals surface area contributed by atoms with Crippen LogP contribution in [0.4, 0.5) is 26.3 Å². The number of hydrogen-bond donors (Lipinski definition) is 1. The summed E-state index contributed by atoms with van der Waals surface area (Å²) in [4.78, 5) is 0. The van der Waals surface area contributed by atoms with Crippen molar-refractivity contribution in [2.24, 2.45) is 15.9 Å². The average molecular weight is 242 g/mol. The largest absolute Gasteiger partial charge is 0.450 e. The second-order valence-corrected chi connectivity index (χ2v) is 2.23. The molecule has 0 saturated carbocycles. The average Bonchev–Trinajstić information content (AvgIpc) is 1.95. The van der Waals surface area contributed by atoms with Crippen molar-refractivity contribution < 1.29 is 26.3 Å². The van der Waals surface area contributed by atoms with Gasteiger partial charge in [-0.3, -0.25) is 0 Å². The Kier molecular flexibility index (Phi) is 3.74. The SMILES string of the molecule is NC(=NN=C(Cl)C(F)(F)F)C(F)(F)F. The molecule has 0 aromatic carbocycles. The number of nitrogens with zero attached hydrogens (tertiary/aromatic N) is 2. The van der Waals surface area contributed by atoms with Gasteiger partial charge in [0, 0.05) is 0 Å². The van der Waals surface area contributed by atoms with Crippen molar-refractivity contribution in [2.45, 2.75) is 12.4 Å². The van der Waals surface area contributed by atoms with Crippen molar-refractivity contribution >= 4 is 22.6 Å². The molecule has 0 amide bonds. The van der Waals surface area contributed by atoms with Crippen LogP contribution in [0, 0.1) is 0 Å². The summed E-state index contributed by atoms with van der Waals surface area (Å²) in [5, 5.41) is 2.09.